The summed E-state index contributed by atoms with van der Waals surface area (Å²) in [4.78, 5) is 14.9. The number of aromatic nitrogens is 2. The van der Waals surface area contributed by atoms with Gasteiger partial charge in [-0.1, -0.05) is 0 Å². The lowest BCUT2D eigenvalue weighted by Gasteiger charge is -1.98. The van der Waals surface area contributed by atoms with Gasteiger partial charge in [0.05, 0.1) is 25.6 Å². The molecule has 4 nitrogen and oxygen atoms in total. The van der Waals surface area contributed by atoms with Crippen molar-refractivity contribution in [3.05, 3.63) is 28.9 Å². The predicted octanol–water partition coefficient (Wildman–Crippen LogP) is -0.358. The van der Waals surface area contributed by atoms with E-state index in [1.165, 1.54) is 18.6 Å². The second kappa shape index (κ2) is 2.47. The highest BCUT2D eigenvalue weighted by Gasteiger charge is 2.22. The largest absolute Gasteiger partial charge is 0.371 e. The monoisotopic (exact) mass is 152 g/mol. The highest BCUT2D eigenvalue weighted by Crippen LogP contribution is 2.09. The van der Waals surface area contributed by atoms with Crippen molar-refractivity contribution in [3.8, 4) is 0 Å². The van der Waals surface area contributed by atoms with Gasteiger partial charge in [0.15, 0.2) is 0 Å². The molecule has 1 atom stereocenters. The van der Waals surface area contributed by atoms with Gasteiger partial charge in [-0.05, 0) is 0 Å². The summed E-state index contributed by atoms with van der Waals surface area (Å²) < 4.78 is 6.53. The van der Waals surface area contributed by atoms with E-state index in [4.69, 9.17) is 4.74 Å². The molecule has 1 aliphatic rings. The van der Waals surface area contributed by atoms with Crippen LogP contribution in [0.1, 0.15) is 0 Å². The second-order valence-electron chi connectivity index (χ2n) is 2.53. The molecule has 0 bridgehead atoms. The maximum Gasteiger partial charge on any atom is 0.253 e. The summed E-state index contributed by atoms with van der Waals surface area (Å²) in [5.74, 6) is 0. The maximum atomic E-state index is 11.0. The Labute approximate surface area is 63.4 Å². The zero-order valence-electron chi connectivity index (χ0n) is 5.93. The van der Waals surface area contributed by atoms with Crippen LogP contribution in [0, 0.1) is 0 Å². The van der Waals surface area contributed by atoms with Crippen LogP contribution in [-0.2, 0) is 11.3 Å². The number of rotatable bonds is 2. The Morgan fingerprint density at radius 2 is 2.64 bits per heavy atom. The fourth-order valence-electron chi connectivity index (χ4n) is 0.908. The highest BCUT2D eigenvalue weighted by molar-refractivity contribution is 4.84. The third kappa shape index (κ3) is 1.46. The predicted molar refractivity (Wildman–Crippen MR) is 38.2 cm³/mol. The summed E-state index contributed by atoms with van der Waals surface area (Å²) in [5.41, 5.74) is -0.0181. The average molecular weight is 152 g/mol. The van der Waals surface area contributed by atoms with Crippen LogP contribution < -0.4 is 5.56 Å². The molecule has 1 aromatic heterocycles. The highest BCUT2D eigenvalue weighted by atomic mass is 16.6. The van der Waals surface area contributed by atoms with Gasteiger partial charge in [-0.25, -0.2) is 4.98 Å². The van der Waals surface area contributed by atoms with E-state index in [0.29, 0.717) is 6.54 Å². The van der Waals surface area contributed by atoms with Crippen LogP contribution in [0.15, 0.2) is 23.4 Å². The molecular formula is C7H8N2O2. The summed E-state index contributed by atoms with van der Waals surface area (Å²) in [6, 6.07) is 1.45. The maximum absolute atomic E-state index is 11.0. The minimum atomic E-state index is -0.0181. The number of ether oxygens (including phenoxy) is 1. The second-order valence-corrected chi connectivity index (χ2v) is 2.53. The first-order valence-electron chi connectivity index (χ1n) is 3.48. The standard InChI is InChI=1S/C7H8N2O2/c10-7-1-2-8-5-9(7)3-6-4-11-6/h1-2,5-6H,3-4H2. The average Bonchev–Trinajstić information content (AvgIpc) is 2.78. The molecule has 0 aliphatic carbocycles. The molecular weight excluding hydrogens is 144 g/mol. The molecule has 0 saturated carbocycles. The third-order valence-corrected chi connectivity index (χ3v) is 1.60. The van der Waals surface area contributed by atoms with Crippen molar-refractivity contribution in [2.75, 3.05) is 6.61 Å². The lowest BCUT2D eigenvalue weighted by atomic mass is 10.4. The number of nitrogens with zero attached hydrogens (tertiary/aromatic N) is 2. The molecule has 2 rings (SSSR count). The van der Waals surface area contributed by atoms with Crippen LogP contribution in [0.3, 0.4) is 0 Å². The minimum absolute atomic E-state index is 0.0181. The summed E-state index contributed by atoms with van der Waals surface area (Å²) in [6.07, 6.45) is 3.26. The minimum Gasteiger partial charge on any atom is -0.371 e. The molecule has 11 heavy (non-hydrogen) atoms. The SMILES string of the molecule is O=c1ccncn1CC1CO1. The van der Waals surface area contributed by atoms with Crippen molar-refractivity contribution in [2.45, 2.75) is 12.6 Å². The third-order valence-electron chi connectivity index (χ3n) is 1.60. The molecule has 0 aromatic carbocycles. The molecule has 4 heteroatoms. The van der Waals surface area contributed by atoms with E-state index in [0.717, 1.165) is 6.61 Å². The Kier molecular flexibility index (Phi) is 1.47. The summed E-state index contributed by atoms with van der Waals surface area (Å²) in [5, 5.41) is 0. The molecule has 58 valence electrons. The molecule has 1 saturated heterocycles. The smallest absolute Gasteiger partial charge is 0.253 e. The zero-order valence-corrected chi connectivity index (χ0v) is 5.93. The molecule has 2 heterocycles. The normalized spacial score (nSPS) is 21.6. The number of hydrogen-bond donors (Lipinski definition) is 0. The summed E-state index contributed by atoms with van der Waals surface area (Å²) >= 11 is 0. The lowest BCUT2D eigenvalue weighted by Crippen LogP contribution is -2.21. The van der Waals surface area contributed by atoms with Gasteiger partial charge in [-0.2, -0.15) is 0 Å². The molecule has 0 radical (unpaired) electrons. The van der Waals surface area contributed by atoms with E-state index in [-0.39, 0.29) is 11.7 Å². The Morgan fingerprint density at radius 3 is 3.27 bits per heavy atom. The Bertz CT molecular complexity index is 303. The van der Waals surface area contributed by atoms with Crippen molar-refractivity contribution in [1.82, 2.24) is 9.55 Å². The Morgan fingerprint density at radius 1 is 1.82 bits per heavy atom. The van der Waals surface area contributed by atoms with Gasteiger partial charge in [-0.3, -0.25) is 9.36 Å². The fourth-order valence-corrected chi connectivity index (χ4v) is 0.908. The van der Waals surface area contributed by atoms with E-state index in [2.05, 4.69) is 4.98 Å². The molecule has 0 N–H and O–H groups in total. The molecule has 1 fully saturated rings. The van der Waals surface area contributed by atoms with Gasteiger partial charge >= 0.3 is 0 Å². The van der Waals surface area contributed by atoms with E-state index >= 15 is 0 Å². The van der Waals surface area contributed by atoms with Crippen molar-refractivity contribution in [1.29, 1.82) is 0 Å². The van der Waals surface area contributed by atoms with Gasteiger partial charge in [0, 0.05) is 12.3 Å². The summed E-state index contributed by atoms with van der Waals surface area (Å²) in [6.45, 7) is 1.40. The zero-order chi connectivity index (χ0) is 7.68. The van der Waals surface area contributed by atoms with Gasteiger partial charge < -0.3 is 4.74 Å². The first-order valence-corrected chi connectivity index (χ1v) is 3.48. The Balaban J connectivity index is 2.21. The number of epoxide rings is 1. The van der Waals surface area contributed by atoms with Crippen molar-refractivity contribution in [2.24, 2.45) is 0 Å². The molecule has 0 spiro atoms. The fraction of sp³-hybridized carbons (Fsp3) is 0.429. The van der Waals surface area contributed by atoms with Crippen LogP contribution in [0.25, 0.3) is 0 Å². The first kappa shape index (κ1) is 6.54. The molecule has 1 aliphatic heterocycles. The van der Waals surface area contributed by atoms with Crippen LogP contribution in [0.5, 0.6) is 0 Å². The van der Waals surface area contributed by atoms with Gasteiger partial charge in [0.2, 0.25) is 0 Å². The van der Waals surface area contributed by atoms with Crippen LogP contribution in [0.2, 0.25) is 0 Å². The van der Waals surface area contributed by atoms with Crippen molar-refractivity contribution < 1.29 is 4.74 Å². The van der Waals surface area contributed by atoms with Crippen molar-refractivity contribution in [3.63, 3.8) is 0 Å². The van der Waals surface area contributed by atoms with Crippen LogP contribution in [0.4, 0.5) is 0 Å². The van der Waals surface area contributed by atoms with Crippen LogP contribution >= 0.6 is 0 Å². The van der Waals surface area contributed by atoms with Gasteiger partial charge in [0.25, 0.3) is 5.56 Å². The molecule has 1 aromatic rings. The topological polar surface area (TPSA) is 47.4 Å². The summed E-state index contributed by atoms with van der Waals surface area (Å²) in [7, 11) is 0. The lowest BCUT2D eigenvalue weighted by molar-refractivity contribution is 0.379. The first-order chi connectivity index (χ1) is 5.36. The quantitative estimate of drug-likeness (QED) is 0.544. The number of hydrogen-bond acceptors (Lipinski definition) is 3. The van der Waals surface area contributed by atoms with E-state index in [9.17, 15) is 4.79 Å². The van der Waals surface area contributed by atoms with Crippen LogP contribution in [-0.4, -0.2) is 22.3 Å². The van der Waals surface area contributed by atoms with Gasteiger partial charge in [-0.15, -0.1) is 0 Å². The molecule has 0 amide bonds. The van der Waals surface area contributed by atoms with E-state index in [1.54, 1.807) is 4.57 Å². The van der Waals surface area contributed by atoms with E-state index < -0.39 is 0 Å². The van der Waals surface area contributed by atoms with Gasteiger partial charge in [0.1, 0.15) is 0 Å². The molecule has 1 unspecified atom stereocenters. The van der Waals surface area contributed by atoms with Crippen molar-refractivity contribution >= 4 is 0 Å². The Hall–Kier alpha value is -1.16. The van der Waals surface area contributed by atoms with E-state index in [1.807, 2.05) is 0 Å².